The summed E-state index contributed by atoms with van der Waals surface area (Å²) < 4.78 is 5.56. The molecule has 2 heterocycles. The molecule has 3 nitrogen and oxygen atoms in total. The molecule has 0 bridgehead atoms. The van der Waals surface area contributed by atoms with Gasteiger partial charge in [0.25, 0.3) is 0 Å². The average molecular weight is 192 g/mol. The number of ether oxygens (including phenoxy) is 1. The Labute approximate surface area is 84.5 Å². The monoisotopic (exact) mass is 192 g/mol. The quantitative estimate of drug-likeness (QED) is 0.684. The lowest BCUT2D eigenvalue weighted by atomic mass is 9.91. The van der Waals surface area contributed by atoms with Crippen molar-refractivity contribution in [1.29, 1.82) is 0 Å². The van der Waals surface area contributed by atoms with E-state index in [1.54, 1.807) is 0 Å². The number of fused-ring (bicyclic) bond motifs is 1. The number of nitrogens with zero attached hydrogens (tertiary/aromatic N) is 1. The number of rotatable bonds is 0. The van der Waals surface area contributed by atoms with Crippen molar-refractivity contribution in [2.45, 2.75) is 26.2 Å². The third kappa shape index (κ3) is 1.67. The van der Waals surface area contributed by atoms with E-state index in [1.807, 2.05) is 12.3 Å². The third-order valence-corrected chi connectivity index (χ3v) is 2.31. The highest BCUT2D eigenvalue weighted by Crippen LogP contribution is 2.30. The second-order valence-corrected chi connectivity index (χ2v) is 4.59. The number of nitrogens with one attached hydrogen (secondary N) is 1. The Morgan fingerprint density at radius 1 is 1.43 bits per heavy atom. The van der Waals surface area contributed by atoms with Crippen LogP contribution in [0.5, 0.6) is 5.75 Å². The van der Waals surface area contributed by atoms with Crippen molar-refractivity contribution in [3.05, 3.63) is 18.0 Å². The fourth-order valence-corrected chi connectivity index (χ4v) is 1.45. The predicted molar refractivity (Wildman–Crippen MR) is 56.9 cm³/mol. The first-order chi connectivity index (χ1) is 6.57. The highest BCUT2D eigenvalue weighted by Gasteiger charge is 2.18. The van der Waals surface area contributed by atoms with E-state index in [1.165, 1.54) is 0 Å². The highest BCUT2D eigenvalue weighted by molar-refractivity contribution is 5.57. The van der Waals surface area contributed by atoms with Crippen molar-refractivity contribution in [2.24, 2.45) is 0 Å². The molecule has 0 unspecified atom stereocenters. The minimum atomic E-state index is 0.0792. The summed E-state index contributed by atoms with van der Waals surface area (Å²) in [6.45, 7) is 8.05. The SMILES string of the molecule is CC(C)(C)c1cc2c(cn1)NCCO2. The maximum atomic E-state index is 5.56. The van der Waals surface area contributed by atoms with Gasteiger partial charge in [-0.15, -0.1) is 0 Å². The van der Waals surface area contributed by atoms with Gasteiger partial charge in [-0.3, -0.25) is 4.98 Å². The fourth-order valence-electron chi connectivity index (χ4n) is 1.45. The summed E-state index contributed by atoms with van der Waals surface area (Å²) in [5.41, 5.74) is 2.15. The summed E-state index contributed by atoms with van der Waals surface area (Å²) in [6, 6.07) is 2.03. The van der Waals surface area contributed by atoms with E-state index in [0.29, 0.717) is 0 Å². The minimum absolute atomic E-state index is 0.0792. The molecule has 1 aromatic heterocycles. The number of pyridine rings is 1. The fraction of sp³-hybridized carbons (Fsp3) is 0.545. The molecule has 1 aliphatic heterocycles. The van der Waals surface area contributed by atoms with Gasteiger partial charge in [0.1, 0.15) is 12.4 Å². The maximum Gasteiger partial charge on any atom is 0.145 e. The molecule has 1 N–H and O–H groups in total. The molecule has 0 fully saturated rings. The first-order valence-electron chi connectivity index (χ1n) is 4.94. The van der Waals surface area contributed by atoms with Gasteiger partial charge >= 0.3 is 0 Å². The third-order valence-electron chi connectivity index (χ3n) is 2.31. The van der Waals surface area contributed by atoms with Crippen molar-refractivity contribution in [3.63, 3.8) is 0 Å². The molecule has 0 spiro atoms. The topological polar surface area (TPSA) is 34.2 Å². The summed E-state index contributed by atoms with van der Waals surface area (Å²) in [6.07, 6.45) is 1.86. The van der Waals surface area contributed by atoms with Crippen LogP contribution in [0, 0.1) is 0 Å². The van der Waals surface area contributed by atoms with Crippen LogP contribution in [0.25, 0.3) is 0 Å². The van der Waals surface area contributed by atoms with E-state index in [4.69, 9.17) is 4.74 Å². The lowest BCUT2D eigenvalue weighted by Gasteiger charge is -2.23. The number of hydrogen-bond donors (Lipinski definition) is 1. The zero-order valence-electron chi connectivity index (χ0n) is 8.92. The van der Waals surface area contributed by atoms with Crippen LogP contribution in [-0.4, -0.2) is 18.1 Å². The molecule has 3 heteroatoms. The molecule has 1 aromatic rings. The molecule has 0 saturated carbocycles. The lowest BCUT2D eigenvalue weighted by molar-refractivity contribution is 0.321. The summed E-state index contributed by atoms with van der Waals surface area (Å²) in [7, 11) is 0. The lowest BCUT2D eigenvalue weighted by Crippen LogP contribution is -2.20. The van der Waals surface area contributed by atoms with Crippen molar-refractivity contribution in [1.82, 2.24) is 4.98 Å². The van der Waals surface area contributed by atoms with Gasteiger partial charge in [0.15, 0.2) is 0 Å². The van der Waals surface area contributed by atoms with E-state index in [2.05, 4.69) is 31.1 Å². The van der Waals surface area contributed by atoms with Crippen LogP contribution in [0.4, 0.5) is 5.69 Å². The Bertz CT molecular complexity index is 342. The van der Waals surface area contributed by atoms with Crippen LogP contribution in [0.3, 0.4) is 0 Å². The van der Waals surface area contributed by atoms with E-state index in [9.17, 15) is 0 Å². The zero-order chi connectivity index (χ0) is 10.2. The van der Waals surface area contributed by atoms with E-state index < -0.39 is 0 Å². The number of anilines is 1. The second kappa shape index (κ2) is 3.15. The summed E-state index contributed by atoms with van der Waals surface area (Å²) in [5.74, 6) is 0.927. The van der Waals surface area contributed by atoms with Crippen LogP contribution in [0.2, 0.25) is 0 Å². The molecular weight excluding hydrogens is 176 g/mol. The molecule has 0 aliphatic carbocycles. The van der Waals surface area contributed by atoms with E-state index in [-0.39, 0.29) is 5.41 Å². The Morgan fingerprint density at radius 2 is 2.21 bits per heavy atom. The summed E-state index contributed by atoms with van der Waals surface area (Å²) in [5, 5.41) is 3.25. The standard InChI is InChI=1S/C11H16N2O/c1-11(2,3)10-6-9-8(7-13-10)12-4-5-14-9/h6-7,12H,4-5H2,1-3H3. The van der Waals surface area contributed by atoms with Gasteiger partial charge in [0.2, 0.25) is 0 Å². The number of hydrogen-bond acceptors (Lipinski definition) is 3. The molecule has 2 rings (SSSR count). The van der Waals surface area contributed by atoms with Crippen LogP contribution < -0.4 is 10.1 Å². The molecule has 0 aromatic carbocycles. The molecular formula is C11H16N2O. The van der Waals surface area contributed by atoms with Gasteiger partial charge in [-0.05, 0) is 0 Å². The van der Waals surface area contributed by atoms with E-state index in [0.717, 1.165) is 30.3 Å². The normalized spacial score (nSPS) is 15.4. The molecule has 0 atom stereocenters. The molecule has 0 radical (unpaired) electrons. The van der Waals surface area contributed by atoms with Gasteiger partial charge in [0, 0.05) is 23.7 Å². The minimum Gasteiger partial charge on any atom is -0.489 e. The number of aromatic nitrogens is 1. The summed E-state index contributed by atoms with van der Waals surface area (Å²) in [4.78, 5) is 4.42. The van der Waals surface area contributed by atoms with Crippen molar-refractivity contribution in [3.8, 4) is 5.75 Å². The predicted octanol–water partition coefficient (Wildman–Crippen LogP) is 2.18. The average Bonchev–Trinajstić information content (AvgIpc) is 2.16. The molecule has 0 saturated heterocycles. The molecule has 76 valence electrons. The van der Waals surface area contributed by atoms with Gasteiger partial charge < -0.3 is 10.1 Å². The molecule has 1 aliphatic rings. The second-order valence-electron chi connectivity index (χ2n) is 4.59. The van der Waals surface area contributed by atoms with Crippen LogP contribution in [-0.2, 0) is 5.41 Å². The van der Waals surface area contributed by atoms with Gasteiger partial charge in [0.05, 0.1) is 11.9 Å². The first-order valence-corrected chi connectivity index (χ1v) is 4.94. The van der Waals surface area contributed by atoms with Crippen LogP contribution in [0.15, 0.2) is 12.3 Å². The van der Waals surface area contributed by atoms with E-state index >= 15 is 0 Å². The Balaban J connectivity index is 2.39. The largest absolute Gasteiger partial charge is 0.489 e. The van der Waals surface area contributed by atoms with Gasteiger partial charge in [-0.2, -0.15) is 0 Å². The summed E-state index contributed by atoms with van der Waals surface area (Å²) >= 11 is 0. The van der Waals surface area contributed by atoms with Crippen molar-refractivity contribution < 1.29 is 4.74 Å². The zero-order valence-corrected chi connectivity index (χ0v) is 8.92. The van der Waals surface area contributed by atoms with Crippen molar-refractivity contribution >= 4 is 5.69 Å². The van der Waals surface area contributed by atoms with Crippen LogP contribution in [0.1, 0.15) is 26.5 Å². The Hall–Kier alpha value is -1.25. The van der Waals surface area contributed by atoms with Gasteiger partial charge in [-0.25, -0.2) is 0 Å². The van der Waals surface area contributed by atoms with Gasteiger partial charge in [-0.1, -0.05) is 20.8 Å². The van der Waals surface area contributed by atoms with Crippen LogP contribution >= 0.6 is 0 Å². The smallest absolute Gasteiger partial charge is 0.145 e. The highest BCUT2D eigenvalue weighted by atomic mass is 16.5. The molecule has 14 heavy (non-hydrogen) atoms. The first kappa shape index (κ1) is 9.31. The molecule has 0 amide bonds. The Morgan fingerprint density at radius 3 is 2.93 bits per heavy atom. The Kier molecular flexibility index (Phi) is 2.10. The maximum absolute atomic E-state index is 5.56. The van der Waals surface area contributed by atoms with Crippen molar-refractivity contribution in [2.75, 3.05) is 18.5 Å².